The van der Waals surface area contributed by atoms with Crippen LogP contribution in [0, 0.1) is 0 Å². The summed E-state index contributed by atoms with van der Waals surface area (Å²) < 4.78 is 5.56. The minimum Gasteiger partial charge on any atom is -0.467 e. The quantitative estimate of drug-likeness (QED) is 0.864. The Hall–Kier alpha value is -1.54. The highest BCUT2D eigenvalue weighted by molar-refractivity contribution is 5.26. The molecule has 0 aliphatic heterocycles. The minimum absolute atomic E-state index is 0.191. The van der Waals surface area contributed by atoms with Crippen LogP contribution in [-0.2, 0) is 0 Å². The van der Waals surface area contributed by atoms with Crippen molar-refractivity contribution in [3.05, 3.63) is 60.1 Å². The number of rotatable bonds is 4. The summed E-state index contributed by atoms with van der Waals surface area (Å²) in [6.45, 7) is 0. The van der Waals surface area contributed by atoms with Crippen molar-refractivity contribution >= 4 is 0 Å². The lowest BCUT2D eigenvalue weighted by atomic mass is 9.91. The molecule has 1 unspecified atom stereocenters. The van der Waals surface area contributed by atoms with Crippen LogP contribution in [0.3, 0.4) is 0 Å². The Bertz CT molecular complexity index is 445. The molecule has 1 aromatic heterocycles. The molecule has 1 atom stereocenters. The Morgan fingerprint density at radius 1 is 1.06 bits per heavy atom. The SMILES string of the molecule is c1ccc(C(NC2CCC2)c2ccco2)cc1. The summed E-state index contributed by atoms with van der Waals surface area (Å²) >= 11 is 0. The van der Waals surface area contributed by atoms with Crippen LogP contribution in [0.15, 0.2) is 53.1 Å². The summed E-state index contributed by atoms with van der Waals surface area (Å²) in [6.07, 6.45) is 5.65. The lowest BCUT2D eigenvalue weighted by molar-refractivity contribution is 0.303. The highest BCUT2D eigenvalue weighted by Crippen LogP contribution is 2.27. The van der Waals surface area contributed by atoms with Crippen LogP contribution in [0.25, 0.3) is 0 Å². The highest BCUT2D eigenvalue weighted by Gasteiger charge is 2.24. The number of hydrogen-bond acceptors (Lipinski definition) is 2. The molecule has 88 valence electrons. The first kappa shape index (κ1) is 10.6. The van der Waals surface area contributed by atoms with Gasteiger partial charge in [0.05, 0.1) is 12.3 Å². The van der Waals surface area contributed by atoms with E-state index in [-0.39, 0.29) is 6.04 Å². The van der Waals surface area contributed by atoms with Gasteiger partial charge in [-0.2, -0.15) is 0 Å². The molecule has 0 radical (unpaired) electrons. The Morgan fingerprint density at radius 3 is 2.47 bits per heavy atom. The van der Waals surface area contributed by atoms with Gasteiger partial charge >= 0.3 is 0 Å². The van der Waals surface area contributed by atoms with Gasteiger partial charge in [-0.3, -0.25) is 0 Å². The van der Waals surface area contributed by atoms with Gasteiger partial charge in [0.2, 0.25) is 0 Å². The zero-order chi connectivity index (χ0) is 11.5. The topological polar surface area (TPSA) is 25.2 Å². The molecule has 2 heteroatoms. The Balaban J connectivity index is 1.85. The zero-order valence-corrected chi connectivity index (χ0v) is 9.80. The fraction of sp³-hybridized carbons (Fsp3) is 0.333. The molecule has 17 heavy (non-hydrogen) atoms. The van der Waals surface area contributed by atoms with Crippen LogP contribution >= 0.6 is 0 Å². The van der Waals surface area contributed by atoms with Gasteiger partial charge in [-0.15, -0.1) is 0 Å². The summed E-state index contributed by atoms with van der Waals surface area (Å²) in [6, 6.07) is 15.3. The van der Waals surface area contributed by atoms with E-state index in [1.54, 1.807) is 6.26 Å². The molecule has 1 aliphatic rings. The van der Waals surface area contributed by atoms with E-state index in [0.717, 1.165) is 5.76 Å². The molecule has 1 heterocycles. The fourth-order valence-electron chi connectivity index (χ4n) is 2.25. The first-order valence-corrected chi connectivity index (χ1v) is 6.28. The van der Waals surface area contributed by atoms with Crippen molar-refractivity contribution < 1.29 is 4.42 Å². The van der Waals surface area contributed by atoms with Crippen molar-refractivity contribution in [2.75, 3.05) is 0 Å². The molecular weight excluding hydrogens is 210 g/mol. The Morgan fingerprint density at radius 2 is 1.88 bits per heavy atom. The van der Waals surface area contributed by atoms with Crippen molar-refractivity contribution in [1.82, 2.24) is 5.32 Å². The second-order valence-corrected chi connectivity index (χ2v) is 4.65. The van der Waals surface area contributed by atoms with Gasteiger partial charge in [0.1, 0.15) is 5.76 Å². The lowest BCUT2D eigenvalue weighted by Crippen LogP contribution is -2.38. The number of nitrogens with one attached hydrogen (secondary N) is 1. The molecule has 1 aromatic carbocycles. The number of furan rings is 1. The van der Waals surface area contributed by atoms with Crippen LogP contribution in [0.2, 0.25) is 0 Å². The van der Waals surface area contributed by atoms with E-state index in [1.165, 1.54) is 24.8 Å². The predicted molar refractivity (Wildman–Crippen MR) is 67.8 cm³/mol. The summed E-state index contributed by atoms with van der Waals surface area (Å²) in [5.41, 5.74) is 1.27. The first-order valence-electron chi connectivity index (χ1n) is 6.28. The third-order valence-corrected chi connectivity index (χ3v) is 3.47. The number of hydrogen-bond donors (Lipinski definition) is 1. The molecule has 1 N–H and O–H groups in total. The molecule has 1 aliphatic carbocycles. The molecule has 2 aromatic rings. The fourth-order valence-corrected chi connectivity index (χ4v) is 2.25. The smallest absolute Gasteiger partial charge is 0.125 e. The lowest BCUT2D eigenvalue weighted by Gasteiger charge is -2.31. The summed E-state index contributed by atoms with van der Waals surface area (Å²) in [5.74, 6) is 1.00. The molecule has 0 bridgehead atoms. The maximum absolute atomic E-state index is 5.56. The minimum atomic E-state index is 0.191. The maximum atomic E-state index is 5.56. The van der Waals surface area contributed by atoms with Gasteiger partial charge in [-0.05, 0) is 30.5 Å². The summed E-state index contributed by atoms with van der Waals surface area (Å²) in [7, 11) is 0. The predicted octanol–water partition coefficient (Wildman–Crippen LogP) is 3.51. The third-order valence-electron chi connectivity index (χ3n) is 3.47. The van der Waals surface area contributed by atoms with Gasteiger partial charge in [0, 0.05) is 6.04 Å². The van der Waals surface area contributed by atoms with Gasteiger partial charge in [0.15, 0.2) is 0 Å². The first-order chi connectivity index (χ1) is 8.43. The average Bonchev–Trinajstić information content (AvgIpc) is 2.82. The van der Waals surface area contributed by atoms with E-state index in [9.17, 15) is 0 Å². The van der Waals surface area contributed by atoms with Gasteiger partial charge < -0.3 is 9.73 Å². The van der Waals surface area contributed by atoms with Crippen molar-refractivity contribution in [3.63, 3.8) is 0 Å². The van der Waals surface area contributed by atoms with Crippen LogP contribution in [-0.4, -0.2) is 6.04 Å². The van der Waals surface area contributed by atoms with Crippen molar-refractivity contribution in [3.8, 4) is 0 Å². The molecular formula is C15H17NO. The second kappa shape index (κ2) is 4.76. The molecule has 0 spiro atoms. The second-order valence-electron chi connectivity index (χ2n) is 4.65. The van der Waals surface area contributed by atoms with E-state index < -0.39 is 0 Å². The largest absolute Gasteiger partial charge is 0.467 e. The molecule has 2 nitrogen and oxygen atoms in total. The standard InChI is InChI=1S/C15H17NO/c1-2-6-12(7-3-1)15(14-10-5-11-17-14)16-13-8-4-9-13/h1-3,5-7,10-11,13,15-16H,4,8-9H2. The van der Waals surface area contributed by atoms with E-state index >= 15 is 0 Å². The van der Waals surface area contributed by atoms with Crippen molar-refractivity contribution in [2.24, 2.45) is 0 Å². The van der Waals surface area contributed by atoms with Crippen LogP contribution in [0.5, 0.6) is 0 Å². The van der Waals surface area contributed by atoms with E-state index in [1.807, 2.05) is 18.2 Å². The van der Waals surface area contributed by atoms with Crippen molar-refractivity contribution in [1.29, 1.82) is 0 Å². The molecule has 3 rings (SSSR count). The van der Waals surface area contributed by atoms with E-state index in [4.69, 9.17) is 4.42 Å². The Labute approximate surface area is 102 Å². The van der Waals surface area contributed by atoms with E-state index in [2.05, 4.69) is 29.6 Å². The van der Waals surface area contributed by atoms with Crippen LogP contribution in [0.1, 0.15) is 36.6 Å². The molecule has 0 saturated heterocycles. The maximum Gasteiger partial charge on any atom is 0.125 e. The average molecular weight is 227 g/mol. The van der Waals surface area contributed by atoms with E-state index in [0.29, 0.717) is 6.04 Å². The summed E-state index contributed by atoms with van der Waals surface area (Å²) in [4.78, 5) is 0. The monoisotopic (exact) mass is 227 g/mol. The van der Waals surface area contributed by atoms with Gasteiger partial charge in [-0.25, -0.2) is 0 Å². The van der Waals surface area contributed by atoms with Crippen LogP contribution in [0.4, 0.5) is 0 Å². The highest BCUT2D eigenvalue weighted by atomic mass is 16.3. The molecule has 1 fully saturated rings. The molecule has 0 amide bonds. The third kappa shape index (κ3) is 2.27. The zero-order valence-electron chi connectivity index (χ0n) is 9.80. The van der Waals surface area contributed by atoms with Crippen molar-refractivity contribution in [2.45, 2.75) is 31.3 Å². The Kier molecular flexibility index (Phi) is 2.97. The van der Waals surface area contributed by atoms with Crippen LogP contribution < -0.4 is 5.32 Å². The number of benzene rings is 1. The molecule has 1 saturated carbocycles. The summed E-state index contributed by atoms with van der Waals surface area (Å²) in [5, 5.41) is 3.68. The van der Waals surface area contributed by atoms with Gasteiger partial charge in [0.25, 0.3) is 0 Å². The van der Waals surface area contributed by atoms with Gasteiger partial charge in [-0.1, -0.05) is 36.8 Å². The normalized spacial score (nSPS) is 17.6.